The van der Waals surface area contributed by atoms with Crippen LogP contribution in [0.25, 0.3) is 0 Å². The summed E-state index contributed by atoms with van der Waals surface area (Å²) in [6.45, 7) is 6.75. The van der Waals surface area contributed by atoms with E-state index in [0.29, 0.717) is 25.9 Å². The highest BCUT2D eigenvalue weighted by Gasteiger charge is 2.39. The molecule has 3 fully saturated rings. The Bertz CT molecular complexity index is 317. The average molecular weight is 254 g/mol. The molecule has 0 aromatic rings. The molecule has 0 spiro atoms. The zero-order chi connectivity index (χ0) is 12.5. The Morgan fingerprint density at radius 3 is 2.94 bits per heavy atom. The van der Waals surface area contributed by atoms with Crippen LogP contribution in [0.2, 0.25) is 0 Å². The molecule has 18 heavy (non-hydrogen) atoms. The molecule has 5 heteroatoms. The van der Waals surface area contributed by atoms with E-state index < -0.39 is 0 Å². The Morgan fingerprint density at radius 2 is 2.17 bits per heavy atom. The van der Waals surface area contributed by atoms with Gasteiger partial charge in [0.2, 0.25) is 0 Å². The van der Waals surface area contributed by atoms with E-state index in [-0.39, 0.29) is 18.1 Å². The quantitative estimate of drug-likeness (QED) is 0.665. The summed E-state index contributed by atoms with van der Waals surface area (Å²) in [4.78, 5) is 17.0. The zero-order valence-electron chi connectivity index (χ0n) is 11.0. The van der Waals surface area contributed by atoms with Crippen LogP contribution in [0.4, 0.5) is 0 Å². The lowest BCUT2D eigenvalue weighted by Gasteiger charge is -2.43. The maximum atomic E-state index is 12.5. The predicted octanol–water partition coefficient (Wildman–Crippen LogP) is 0.0969. The smallest absolute Gasteiger partial charge is 0.254 e. The van der Waals surface area contributed by atoms with Gasteiger partial charge in [-0.2, -0.15) is 0 Å². The molecule has 1 amide bonds. The van der Waals surface area contributed by atoms with Gasteiger partial charge in [-0.25, -0.2) is 0 Å². The molecule has 3 rings (SSSR count). The van der Waals surface area contributed by atoms with E-state index >= 15 is 0 Å². The summed E-state index contributed by atoms with van der Waals surface area (Å²) in [5, 5.41) is 0. The second-order valence-electron chi connectivity index (χ2n) is 5.56. The lowest BCUT2D eigenvalue weighted by atomic mass is 10.1. The molecule has 3 aliphatic heterocycles. The van der Waals surface area contributed by atoms with Crippen molar-refractivity contribution in [3.05, 3.63) is 0 Å². The van der Waals surface area contributed by atoms with E-state index in [9.17, 15) is 4.79 Å². The summed E-state index contributed by atoms with van der Waals surface area (Å²) < 4.78 is 10.9. The third-order valence-electron chi connectivity index (χ3n) is 4.31. The standard InChI is InChI=1S/C13H22N2O3/c1-10-7-14-4-2-3-11(14)8-15(10)13(16)12-9-17-5-6-18-12/h10-12H,2-9H2,1H3/t10-,11-,12-/m1/s1. The van der Waals surface area contributed by atoms with Crippen LogP contribution in [-0.4, -0.2) is 73.3 Å². The van der Waals surface area contributed by atoms with Crippen molar-refractivity contribution < 1.29 is 14.3 Å². The van der Waals surface area contributed by atoms with Crippen molar-refractivity contribution in [2.45, 2.75) is 38.0 Å². The maximum absolute atomic E-state index is 12.5. The Hall–Kier alpha value is -0.650. The summed E-state index contributed by atoms with van der Waals surface area (Å²) in [6, 6.07) is 0.854. The van der Waals surface area contributed by atoms with Gasteiger partial charge in [-0.1, -0.05) is 0 Å². The van der Waals surface area contributed by atoms with Gasteiger partial charge in [0.25, 0.3) is 5.91 Å². The predicted molar refractivity (Wildman–Crippen MR) is 66.3 cm³/mol. The molecule has 0 aromatic heterocycles. The molecule has 3 saturated heterocycles. The topological polar surface area (TPSA) is 42.0 Å². The number of nitrogens with zero attached hydrogens (tertiary/aromatic N) is 2. The Kier molecular flexibility index (Phi) is 3.54. The van der Waals surface area contributed by atoms with Gasteiger partial charge >= 0.3 is 0 Å². The number of rotatable bonds is 1. The molecule has 0 saturated carbocycles. The fourth-order valence-electron chi connectivity index (χ4n) is 3.31. The van der Waals surface area contributed by atoms with Crippen molar-refractivity contribution in [2.75, 3.05) is 39.5 Å². The van der Waals surface area contributed by atoms with Gasteiger partial charge in [-0.15, -0.1) is 0 Å². The fraction of sp³-hybridized carbons (Fsp3) is 0.923. The Morgan fingerprint density at radius 1 is 1.28 bits per heavy atom. The highest BCUT2D eigenvalue weighted by molar-refractivity contribution is 5.81. The second-order valence-corrected chi connectivity index (χ2v) is 5.56. The van der Waals surface area contributed by atoms with E-state index in [1.54, 1.807) is 0 Å². The molecule has 3 heterocycles. The van der Waals surface area contributed by atoms with Crippen LogP contribution in [0, 0.1) is 0 Å². The van der Waals surface area contributed by atoms with E-state index in [4.69, 9.17) is 9.47 Å². The first-order chi connectivity index (χ1) is 8.75. The monoisotopic (exact) mass is 254 g/mol. The molecule has 0 unspecified atom stereocenters. The van der Waals surface area contributed by atoms with Crippen molar-refractivity contribution in [3.63, 3.8) is 0 Å². The van der Waals surface area contributed by atoms with Crippen LogP contribution in [0.3, 0.4) is 0 Å². The van der Waals surface area contributed by atoms with Crippen LogP contribution < -0.4 is 0 Å². The number of fused-ring (bicyclic) bond motifs is 1. The number of carbonyl (C=O) groups excluding carboxylic acids is 1. The van der Waals surface area contributed by atoms with Gasteiger partial charge in [0.1, 0.15) is 0 Å². The molecule has 0 bridgehead atoms. The van der Waals surface area contributed by atoms with E-state index in [2.05, 4.69) is 11.8 Å². The summed E-state index contributed by atoms with van der Waals surface area (Å²) >= 11 is 0. The first-order valence-electron chi connectivity index (χ1n) is 6.99. The summed E-state index contributed by atoms with van der Waals surface area (Å²) in [6.07, 6.45) is 2.11. The van der Waals surface area contributed by atoms with Gasteiger partial charge < -0.3 is 14.4 Å². The number of carbonyl (C=O) groups is 1. The van der Waals surface area contributed by atoms with Gasteiger partial charge in [0.15, 0.2) is 6.10 Å². The number of amides is 1. The number of hydrogen-bond donors (Lipinski definition) is 0. The number of piperazine rings is 1. The molecule has 0 N–H and O–H groups in total. The van der Waals surface area contributed by atoms with Crippen molar-refractivity contribution in [2.24, 2.45) is 0 Å². The summed E-state index contributed by atoms with van der Waals surface area (Å²) in [5.74, 6) is 0.119. The van der Waals surface area contributed by atoms with Crippen LogP contribution in [-0.2, 0) is 14.3 Å². The van der Waals surface area contributed by atoms with Crippen LogP contribution in [0.1, 0.15) is 19.8 Å². The first kappa shape index (κ1) is 12.4. The minimum atomic E-state index is -0.380. The molecule has 5 nitrogen and oxygen atoms in total. The molecule has 0 aliphatic carbocycles. The highest BCUT2D eigenvalue weighted by Crippen LogP contribution is 2.25. The fourth-order valence-corrected chi connectivity index (χ4v) is 3.31. The van der Waals surface area contributed by atoms with Crippen molar-refractivity contribution in [3.8, 4) is 0 Å². The van der Waals surface area contributed by atoms with E-state index in [0.717, 1.165) is 13.1 Å². The van der Waals surface area contributed by atoms with Gasteiger partial charge in [0, 0.05) is 25.2 Å². The lowest BCUT2D eigenvalue weighted by molar-refractivity contribution is -0.163. The van der Waals surface area contributed by atoms with Gasteiger partial charge in [-0.3, -0.25) is 9.69 Å². The van der Waals surface area contributed by atoms with Gasteiger partial charge in [0.05, 0.1) is 19.8 Å². The highest BCUT2D eigenvalue weighted by atomic mass is 16.6. The summed E-state index contributed by atoms with van der Waals surface area (Å²) in [7, 11) is 0. The van der Waals surface area contributed by atoms with E-state index in [1.165, 1.54) is 19.4 Å². The van der Waals surface area contributed by atoms with Crippen LogP contribution in [0.15, 0.2) is 0 Å². The Labute approximate surface area is 108 Å². The molecule has 0 radical (unpaired) electrons. The normalized spacial score (nSPS) is 37.6. The van der Waals surface area contributed by atoms with Gasteiger partial charge in [-0.05, 0) is 26.3 Å². The number of hydrogen-bond acceptors (Lipinski definition) is 4. The minimum absolute atomic E-state index is 0.119. The van der Waals surface area contributed by atoms with E-state index in [1.807, 2.05) is 4.90 Å². The molecular formula is C13H22N2O3. The van der Waals surface area contributed by atoms with Crippen molar-refractivity contribution >= 4 is 5.91 Å². The minimum Gasteiger partial charge on any atom is -0.376 e. The molecule has 3 aliphatic rings. The summed E-state index contributed by atoms with van der Waals surface area (Å²) in [5.41, 5.74) is 0. The first-order valence-corrected chi connectivity index (χ1v) is 6.99. The average Bonchev–Trinajstić information content (AvgIpc) is 2.85. The zero-order valence-corrected chi connectivity index (χ0v) is 11.0. The third-order valence-corrected chi connectivity index (χ3v) is 4.31. The Balaban J connectivity index is 1.65. The maximum Gasteiger partial charge on any atom is 0.254 e. The third kappa shape index (κ3) is 2.27. The molecular weight excluding hydrogens is 232 g/mol. The second kappa shape index (κ2) is 5.15. The van der Waals surface area contributed by atoms with Crippen molar-refractivity contribution in [1.29, 1.82) is 0 Å². The molecule has 3 atom stereocenters. The van der Waals surface area contributed by atoms with Crippen molar-refractivity contribution in [1.82, 2.24) is 9.80 Å². The largest absolute Gasteiger partial charge is 0.376 e. The lowest BCUT2D eigenvalue weighted by Crippen LogP contribution is -2.59. The van der Waals surface area contributed by atoms with Crippen LogP contribution >= 0.6 is 0 Å². The SMILES string of the molecule is C[C@@H]1CN2CCC[C@@H]2CN1C(=O)[C@H]1COCCO1. The number of ether oxygens (including phenoxy) is 2. The molecule has 0 aromatic carbocycles. The van der Waals surface area contributed by atoms with Crippen LogP contribution in [0.5, 0.6) is 0 Å². The molecule has 102 valence electrons.